The fourth-order valence-electron chi connectivity index (χ4n) is 2.22. The average Bonchev–Trinajstić information content (AvgIpc) is 2.45. The van der Waals surface area contributed by atoms with Crippen LogP contribution in [0.2, 0.25) is 0 Å². The van der Waals surface area contributed by atoms with Crippen LogP contribution in [0.25, 0.3) is 0 Å². The van der Waals surface area contributed by atoms with Gasteiger partial charge < -0.3 is 4.90 Å². The van der Waals surface area contributed by atoms with E-state index in [1.54, 1.807) is 17.0 Å². The zero-order chi connectivity index (χ0) is 16.9. The second-order valence-electron chi connectivity index (χ2n) is 5.58. The fourth-order valence-corrected chi connectivity index (χ4v) is 3.07. The van der Waals surface area contributed by atoms with Crippen LogP contribution < -0.4 is 4.31 Å². The molecule has 1 rings (SSSR count). The van der Waals surface area contributed by atoms with Crippen molar-refractivity contribution in [1.29, 1.82) is 0 Å². The van der Waals surface area contributed by atoms with Gasteiger partial charge in [0, 0.05) is 13.1 Å². The predicted octanol–water partition coefficient (Wildman–Crippen LogP) is 2.44. The van der Waals surface area contributed by atoms with Crippen LogP contribution in [0.4, 0.5) is 5.69 Å². The quantitative estimate of drug-likeness (QED) is 0.773. The first kappa shape index (κ1) is 18.5. The van der Waals surface area contributed by atoms with Crippen molar-refractivity contribution in [3.63, 3.8) is 0 Å². The number of benzene rings is 1. The van der Waals surface area contributed by atoms with Crippen LogP contribution in [0.15, 0.2) is 24.3 Å². The topological polar surface area (TPSA) is 57.7 Å². The van der Waals surface area contributed by atoms with E-state index >= 15 is 0 Å². The first-order valence-electron chi connectivity index (χ1n) is 7.56. The molecule has 22 heavy (non-hydrogen) atoms. The van der Waals surface area contributed by atoms with E-state index in [1.165, 1.54) is 0 Å². The van der Waals surface area contributed by atoms with E-state index in [0.717, 1.165) is 16.1 Å². The van der Waals surface area contributed by atoms with Crippen LogP contribution in [-0.4, -0.2) is 45.1 Å². The summed E-state index contributed by atoms with van der Waals surface area (Å²) in [5.41, 5.74) is 1.65. The maximum absolute atomic E-state index is 12.2. The molecule has 0 aliphatic heterocycles. The summed E-state index contributed by atoms with van der Waals surface area (Å²) >= 11 is 0. The van der Waals surface area contributed by atoms with E-state index in [2.05, 4.69) is 13.8 Å². The van der Waals surface area contributed by atoms with Crippen molar-refractivity contribution in [2.45, 2.75) is 33.6 Å². The number of rotatable bonds is 7. The van der Waals surface area contributed by atoms with Gasteiger partial charge in [-0.2, -0.15) is 0 Å². The summed E-state index contributed by atoms with van der Waals surface area (Å²) < 4.78 is 25.2. The highest BCUT2D eigenvalue weighted by Crippen LogP contribution is 2.22. The van der Waals surface area contributed by atoms with Gasteiger partial charge in [0.05, 0.1) is 11.9 Å². The van der Waals surface area contributed by atoms with E-state index in [9.17, 15) is 13.2 Å². The normalized spacial score (nSPS) is 11.5. The summed E-state index contributed by atoms with van der Waals surface area (Å²) in [6.07, 6.45) is 1.12. The number of carbonyl (C=O) groups excluding carboxylic acids is 1. The molecular formula is C16H26N2O3S. The molecule has 1 aromatic carbocycles. The summed E-state index contributed by atoms with van der Waals surface area (Å²) in [7, 11) is -3.51. The van der Waals surface area contributed by atoms with Gasteiger partial charge in [-0.05, 0) is 37.5 Å². The van der Waals surface area contributed by atoms with Gasteiger partial charge >= 0.3 is 0 Å². The van der Waals surface area contributed by atoms with Gasteiger partial charge in [0.25, 0.3) is 0 Å². The lowest BCUT2D eigenvalue weighted by molar-refractivity contribution is -0.129. The maximum atomic E-state index is 12.2. The number of hydrogen-bond donors (Lipinski definition) is 0. The first-order chi connectivity index (χ1) is 10.2. The Hall–Kier alpha value is -1.56. The Morgan fingerprint density at radius 1 is 1.09 bits per heavy atom. The molecule has 0 bridgehead atoms. The van der Waals surface area contributed by atoms with Gasteiger partial charge in [-0.3, -0.25) is 9.10 Å². The number of hydrogen-bond acceptors (Lipinski definition) is 3. The SMILES string of the molecule is CCN(CC)C(=O)CN(c1ccc(C(C)C)cc1)S(C)(=O)=O. The molecule has 0 aliphatic carbocycles. The number of amides is 1. The summed E-state index contributed by atoms with van der Waals surface area (Å²) in [6.45, 7) is 8.88. The summed E-state index contributed by atoms with van der Waals surface area (Å²) in [5.74, 6) is 0.182. The second-order valence-corrected chi connectivity index (χ2v) is 7.49. The molecule has 0 unspecified atom stereocenters. The van der Waals surface area contributed by atoms with Crippen molar-refractivity contribution < 1.29 is 13.2 Å². The Morgan fingerprint density at radius 3 is 1.95 bits per heavy atom. The molecule has 1 aromatic rings. The Bertz CT molecular complexity index is 590. The smallest absolute Gasteiger partial charge is 0.243 e. The Balaban J connectivity index is 3.07. The third-order valence-corrected chi connectivity index (χ3v) is 4.78. The molecule has 0 atom stereocenters. The van der Waals surface area contributed by atoms with Crippen LogP contribution >= 0.6 is 0 Å². The molecule has 5 nitrogen and oxygen atoms in total. The van der Waals surface area contributed by atoms with Gasteiger partial charge in [-0.25, -0.2) is 8.42 Å². The van der Waals surface area contributed by atoms with E-state index in [1.807, 2.05) is 26.0 Å². The van der Waals surface area contributed by atoms with Gasteiger partial charge in [0.2, 0.25) is 15.9 Å². The number of nitrogens with zero attached hydrogens (tertiary/aromatic N) is 2. The van der Waals surface area contributed by atoms with Gasteiger partial charge in [-0.1, -0.05) is 26.0 Å². The second kappa shape index (κ2) is 7.63. The molecule has 0 radical (unpaired) electrons. The monoisotopic (exact) mass is 326 g/mol. The third kappa shape index (κ3) is 4.73. The molecule has 1 amide bonds. The predicted molar refractivity (Wildman–Crippen MR) is 90.6 cm³/mol. The van der Waals surface area contributed by atoms with Crippen LogP contribution in [0.3, 0.4) is 0 Å². The Morgan fingerprint density at radius 2 is 1.59 bits per heavy atom. The minimum absolute atomic E-state index is 0.165. The van der Waals surface area contributed by atoms with E-state index in [4.69, 9.17) is 0 Å². The number of sulfonamides is 1. The summed E-state index contributed by atoms with van der Waals surface area (Å²) in [4.78, 5) is 13.9. The molecule has 124 valence electrons. The molecule has 0 fully saturated rings. The van der Waals surface area contributed by atoms with Crippen LogP contribution in [0, 0.1) is 0 Å². The van der Waals surface area contributed by atoms with Crippen LogP contribution in [0.1, 0.15) is 39.2 Å². The average molecular weight is 326 g/mol. The van der Waals surface area contributed by atoms with Crippen LogP contribution in [0.5, 0.6) is 0 Å². The minimum Gasteiger partial charge on any atom is -0.342 e. The molecule has 0 saturated heterocycles. The highest BCUT2D eigenvalue weighted by molar-refractivity contribution is 7.92. The lowest BCUT2D eigenvalue weighted by atomic mass is 10.0. The molecule has 0 spiro atoms. The zero-order valence-corrected chi connectivity index (χ0v) is 14.9. The molecule has 6 heteroatoms. The van der Waals surface area contributed by atoms with Crippen molar-refractivity contribution in [2.24, 2.45) is 0 Å². The maximum Gasteiger partial charge on any atom is 0.243 e. The molecule has 0 N–H and O–H groups in total. The van der Waals surface area contributed by atoms with Gasteiger partial charge in [0.15, 0.2) is 0 Å². The van der Waals surface area contributed by atoms with Gasteiger partial charge in [0.1, 0.15) is 6.54 Å². The van der Waals surface area contributed by atoms with E-state index in [0.29, 0.717) is 24.7 Å². The lowest BCUT2D eigenvalue weighted by Crippen LogP contribution is -2.42. The van der Waals surface area contributed by atoms with Crippen LogP contribution in [-0.2, 0) is 14.8 Å². The summed E-state index contributed by atoms with van der Waals surface area (Å²) in [6, 6.07) is 7.32. The fraction of sp³-hybridized carbons (Fsp3) is 0.562. The van der Waals surface area contributed by atoms with Crippen molar-refractivity contribution in [2.75, 3.05) is 30.2 Å². The Labute approximate surface area is 134 Å². The number of anilines is 1. The minimum atomic E-state index is -3.51. The van der Waals surface area contributed by atoms with E-state index < -0.39 is 10.0 Å². The molecule has 0 saturated carbocycles. The van der Waals surface area contributed by atoms with E-state index in [-0.39, 0.29) is 12.5 Å². The number of likely N-dealkylation sites (N-methyl/N-ethyl adjacent to an activating group) is 1. The lowest BCUT2D eigenvalue weighted by Gasteiger charge is -2.26. The third-order valence-electron chi connectivity index (χ3n) is 3.64. The first-order valence-corrected chi connectivity index (χ1v) is 9.40. The summed E-state index contributed by atoms with van der Waals surface area (Å²) in [5, 5.41) is 0. The molecule has 0 aliphatic rings. The standard InChI is InChI=1S/C16H26N2O3S/c1-6-17(7-2)16(19)12-18(22(5,20)21)15-10-8-14(9-11-15)13(3)4/h8-11,13H,6-7,12H2,1-5H3. The molecule has 0 aromatic heterocycles. The highest BCUT2D eigenvalue weighted by Gasteiger charge is 2.23. The molecular weight excluding hydrogens is 300 g/mol. The molecule has 0 heterocycles. The van der Waals surface area contributed by atoms with Gasteiger partial charge in [-0.15, -0.1) is 0 Å². The van der Waals surface area contributed by atoms with Crippen molar-refractivity contribution in [3.05, 3.63) is 29.8 Å². The largest absolute Gasteiger partial charge is 0.342 e. The number of carbonyl (C=O) groups is 1. The van der Waals surface area contributed by atoms with Crippen molar-refractivity contribution in [3.8, 4) is 0 Å². The highest BCUT2D eigenvalue weighted by atomic mass is 32.2. The zero-order valence-electron chi connectivity index (χ0n) is 14.0. The van der Waals surface area contributed by atoms with Crippen molar-refractivity contribution >= 4 is 21.6 Å². The Kier molecular flexibility index (Phi) is 6.41. The van der Waals surface area contributed by atoms with Crippen molar-refractivity contribution in [1.82, 2.24) is 4.90 Å².